The SMILES string of the molecule is O=C(O)[C@H]1COCCN1C(=O)C[C@H]1C=CCC1. The molecule has 1 aliphatic carbocycles. The molecule has 2 aliphatic rings. The van der Waals surface area contributed by atoms with E-state index in [2.05, 4.69) is 6.08 Å². The predicted molar refractivity (Wildman–Crippen MR) is 60.4 cm³/mol. The second-order valence-corrected chi connectivity index (χ2v) is 4.49. The van der Waals surface area contributed by atoms with Gasteiger partial charge < -0.3 is 14.7 Å². The molecule has 0 unspecified atom stereocenters. The van der Waals surface area contributed by atoms with Crippen molar-refractivity contribution in [2.75, 3.05) is 19.8 Å². The molecule has 0 aromatic carbocycles. The highest BCUT2D eigenvalue weighted by Crippen LogP contribution is 2.22. The molecule has 1 amide bonds. The van der Waals surface area contributed by atoms with Gasteiger partial charge in [0.1, 0.15) is 0 Å². The molecule has 0 aromatic rings. The second-order valence-electron chi connectivity index (χ2n) is 4.49. The van der Waals surface area contributed by atoms with E-state index < -0.39 is 12.0 Å². The summed E-state index contributed by atoms with van der Waals surface area (Å²) in [6, 6.07) is -0.818. The van der Waals surface area contributed by atoms with Gasteiger partial charge in [-0.3, -0.25) is 4.79 Å². The summed E-state index contributed by atoms with van der Waals surface area (Å²) < 4.78 is 5.11. The molecule has 1 N–H and O–H groups in total. The first kappa shape index (κ1) is 12.1. The first-order valence-corrected chi connectivity index (χ1v) is 5.95. The molecule has 5 nitrogen and oxygen atoms in total. The highest BCUT2D eigenvalue weighted by Gasteiger charge is 2.33. The molecular formula is C12H17NO4. The van der Waals surface area contributed by atoms with Crippen molar-refractivity contribution < 1.29 is 19.4 Å². The second kappa shape index (κ2) is 5.31. The van der Waals surface area contributed by atoms with Crippen molar-refractivity contribution >= 4 is 11.9 Å². The first-order chi connectivity index (χ1) is 8.18. The lowest BCUT2D eigenvalue weighted by Gasteiger charge is -2.33. The Labute approximate surface area is 100 Å². The van der Waals surface area contributed by atoms with Gasteiger partial charge >= 0.3 is 5.97 Å². The standard InChI is InChI=1S/C12H17NO4/c14-11(7-9-3-1-2-4-9)13-5-6-17-8-10(13)12(15)16/h1,3,9-10H,2,4-8H2,(H,15,16)/t9-,10+/m0/s1. The zero-order valence-corrected chi connectivity index (χ0v) is 9.67. The van der Waals surface area contributed by atoms with Crippen molar-refractivity contribution in [1.29, 1.82) is 0 Å². The monoisotopic (exact) mass is 239 g/mol. The van der Waals surface area contributed by atoms with Gasteiger partial charge in [-0.15, -0.1) is 0 Å². The summed E-state index contributed by atoms with van der Waals surface area (Å²) in [6.07, 6.45) is 6.55. The third-order valence-electron chi connectivity index (χ3n) is 3.28. The zero-order chi connectivity index (χ0) is 12.3. The maximum absolute atomic E-state index is 12.0. The van der Waals surface area contributed by atoms with Crippen LogP contribution in [-0.2, 0) is 14.3 Å². The average molecular weight is 239 g/mol. The van der Waals surface area contributed by atoms with E-state index in [0.717, 1.165) is 12.8 Å². The minimum atomic E-state index is -0.986. The van der Waals surface area contributed by atoms with E-state index >= 15 is 0 Å². The normalized spacial score (nSPS) is 28.4. The summed E-state index contributed by atoms with van der Waals surface area (Å²) in [4.78, 5) is 24.5. The molecule has 1 saturated heterocycles. The summed E-state index contributed by atoms with van der Waals surface area (Å²) in [5.74, 6) is -0.781. The Morgan fingerprint density at radius 3 is 2.94 bits per heavy atom. The summed E-state index contributed by atoms with van der Waals surface area (Å²) in [5.41, 5.74) is 0. The first-order valence-electron chi connectivity index (χ1n) is 5.95. The number of rotatable bonds is 3. The number of hydrogen-bond acceptors (Lipinski definition) is 3. The number of amides is 1. The molecule has 0 saturated carbocycles. The molecule has 0 aromatic heterocycles. The number of carbonyl (C=O) groups is 2. The van der Waals surface area contributed by atoms with Crippen LogP contribution < -0.4 is 0 Å². The highest BCUT2D eigenvalue weighted by molar-refractivity contribution is 5.84. The lowest BCUT2D eigenvalue weighted by molar-refractivity contribution is -0.158. The fraction of sp³-hybridized carbons (Fsp3) is 0.667. The van der Waals surface area contributed by atoms with Crippen LogP contribution in [0.25, 0.3) is 0 Å². The van der Waals surface area contributed by atoms with E-state index in [9.17, 15) is 9.59 Å². The summed E-state index contributed by atoms with van der Waals surface area (Å²) >= 11 is 0. The van der Waals surface area contributed by atoms with Crippen LogP contribution in [0.5, 0.6) is 0 Å². The number of carboxylic acid groups (broad SMARTS) is 1. The summed E-state index contributed by atoms with van der Waals surface area (Å²) in [6.45, 7) is 0.907. The van der Waals surface area contributed by atoms with Crippen LogP contribution in [0.4, 0.5) is 0 Å². The topological polar surface area (TPSA) is 66.8 Å². The van der Waals surface area contributed by atoms with Gasteiger partial charge in [0.2, 0.25) is 5.91 Å². The Hall–Kier alpha value is -1.36. The van der Waals surface area contributed by atoms with E-state index in [1.54, 1.807) is 0 Å². The quantitative estimate of drug-likeness (QED) is 0.734. The predicted octanol–water partition coefficient (Wildman–Crippen LogP) is 0.655. The van der Waals surface area contributed by atoms with Crippen molar-refractivity contribution in [3.63, 3.8) is 0 Å². The fourth-order valence-electron chi connectivity index (χ4n) is 2.31. The average Bonchev–Trinajstić information content (AvgIpc) is 2.81. The van der Waals surface area contributed by atoms with Gasteiger partial charge in [-0.05, 0) is 18.8 Å². The van der Waals surface area contributed by atoms with Crippen LogP contribution in [-0.4, -0.2) is 47.7 Å². The van der Waals surface area contributed by atoms with Gasteiger partial charge in [-0.1, -0.05) is 12.2 Å². The number of carboxylic acids is 1. The Kier molecular flexibility index (Phi) is 3.78. The number of morpholine rings is 1. The third kappa shape index (κ3) is 2.85. The molecule has 1 heterocycles. The molecular weight excluding hydrogens is 222 g/mol. The van der Waals surface area contributed by atoms with Gasteiger partial charge in [0.15, 0.2) is 6.04 Å². The molecule has 1 fully saturated rings. The van der Waals surface area contributed by atoms with E-state index in [0.29, 0.717) is 19.6 Å². The van der Waals surface area contributed by atoms with E-state index in [4.69, 9.17) is 9.84 Å². The molecule has 0 spiro atoms. The third-order valence-corrected chi connectivity index (χ3v) is 3.28. The van der Waals surface area contributed by atoms with E-state index in [1.165, 1.54) is 4.90 Å². The molecule has 0 radical (unpaired) electrons. The minimum Gasteiger partial charge on any atom is -0.480 e. The molecule has 94 valence electrons. The molecule has 17 heavy (non-hydrogen) atoms. The summed E-state index contributed by atoms with van der Waals surface area (Å²) in [7, 11) is 0. The fourth-order valence-corrected chi connectivity index (χ4v) is 2.31. The Bertz CT molecular complexity index is 339. The van der Waals surface area contributed by atoms with Crippen LogP contribution in [0, 0.1) is 5.92 Å². The number of ether oxygens (including phenoxy) is 1. The molecule has 1 aliphatic heterocycles. The number of allylic oxidation sites excluding steroid dienone is 2. The summed E-state index contributed by atoms with van der Waals surface area (Å²) in [5, 5.41) is 9.03. The lowest BCUT2D eigenvalue weighted by atomic mass is 10.0. The highest BCUT2D eigenvalue weighted by atomic mass is 16.5. The van der Waals surface area contributed by atoms with Gasteiger partial charge in [0, 0.05) is 13.0 Å². The molecule has 2 atom stereocenters. The van der Waals surface area contributed by atoms with Crippen LogP contribution >= 0.6 is 0 Å². The Balaban J connectivity index is 1.95. The minimum absolute atomic E-state index is 0.0720. The van der Waals surface area contributed by atoms with Gasteiger partial charge in [-0.25, -0.2) is 4.79 Å². The maximum Gasteiger partial charge on any atom is 0.328 e. The van der Waals surface area contributed by atoms with Gasteiger partial charge in [-0.2, -0.15) is 0 Å². The van der Waals surface area contributed by atoms with Gasteiger partial charge in [0.25, 0.3) is 0 Å². The zero-order valence-electron chi connectivity index (χ0n) is 9.67. The Morgan fingerprint density at radius 1 is 1.47 bits per heavy atom. The maximum atomic E-state index is 12.0. The van der Waals surface area contributed by atoms with Crippen molar-refractivity contribution in [3.05, 3.63) is 12.2 Å². The van der Waals surface area contributed by atoms with Crippen molar-refractivity contribution in [2.45, 2.75) is 25.3 Å². The number of carbonyl (C=O) groups excluding carboxylic acids is 1. The largest absolute Gasteiger partial charge is 0.480 e. The molecule has 5 heteroatoms. The van der Waals surface area contributed by atoms with E-state index in [1.807, 2.05) is 6.08 Å². The van der Waals surface area contributed by atoms with E-state index in [-0.39, 0.29) is 18.4 Å². The van der Waals surface area contributed by atoms with Crippen LogP contribution in [0.3, 0.4) is 0 Å². The molecule has 0 bridgehead atoms. The molecule has 2 rings (SSSR count). The number of hydrogen-bond donors (Lipinski definition) is 1. The van der Waals surface area contributed by atoms with Crippen molar-refractivity contribution in [1.82, 2.24) is 4.90 Å². The van der Waals surface area contributed by atoms with Crippen LogP contribution in [0.1, 0.15) is 19.3 Å². The Morgan fingerprint density at radius 2 is 2.29 bits per heavy atom. The smallest absolute Gasteiger partial charge is 0.328 e. The van der Waals surface area contributed by atoms with Crippen LogP contribution in [0.2, 0.25) is 0 Å². The number of aliphatic carboxylic acids is 1. The van der Waals surface area contributed by atoms with Crippen molar-refractivity contribution in [3.8, 4) is 0 Å². The lowest BCUT2D eigenvalue weighted by Crippen LogP contribution is -2.52. The number of nitrogens with zero attached hydrogens (tertiary/aromatic N) is 1. The van der Waals surface area contributed by atoms with Crippen LogP contribution in [0.15, 0.2) is 12.2 Å². The van der Waals surface area contributed by atoms with Gasteiger partial charge in [0.05, 0.1) is 13.2 Å². The van der Waals surface area contributed by atoms with Crippen molar-refractivity contribution in [2.24, 2.45) is 5.92 Å².